The lowest BCUT2D eigenvalue weighted by Gasteiger charge is -2.14. The van der Waals surface area contributed by atoms with Crippen LogP contribution in [0.2, 0.25) is 0 Å². The summed E-state index contributed by atoms with van der Waals surface area (Å²) in [4.78, 5) is 35.6. The second-order valence-corrected chi connectivity index (χ2v) is 8.16. The summed E-state index contributed by atoms with van der Waals surface area (Å²) in [5, 5.41) is 2.65. The fraction of sp³-hybridized carbons (Fsp3) is 0.808. The van der Waals surface area contributed by atoms with Crippen molar-refractivity contribution in [3.8, 4) is 0 Å². The number of nitrogens with zero attached hydrogens (tertiary/aromatic N) is 1. The molecule has 0 unspecified atom stereocenters. The molecule has 1 rings (SSSR count). The van der Waals surface area contributed by atoms with Gasteiger partial charge in [-0.1, -0.05) is 6.92 Å². The van der Waals surface area contributed by atoms with E-state index in [1.165, 1.54) is 12.2 Å². The van der Waals surface area contributed by atoms with E-state index < -0.39 is 0 Å². The molecule has 0 aromatic rings. The van der Waals surface area contributed by atoms with Gasteiger partial charge in [0.25, 0.3) is 11.8 Å². The van der Waals surface area contributed by atoms with Crippen molar-refractivity contribution in [1.82, 2.24) is 10.2 Å². The number of carbonyl (C=O) groups excluding carboxylic acids is 3. The SMILES string of the molecule is CCCOCCOCCOCCOCCOCCOCCOCCOCCC(=O)NCCN1C(=O)C=CC1=O. The van der Waals surface area contributed by atoms with Crippen molar-refractivity contribution in [3.63, 3.8) is 0 Å². The van der Waals surface area contributed by atoms with Crippen LogP contribution in [0.3, 0.4) is 0 Å². The van der Waals surface area contributed by atoms with Crippen molar-refractivity contribution in [2.24, 2.45) is 0 Å². The lowest BCUT2D eigenvalue weighted by Crippen LogP contribution is -2.38. The van der Waals surface area contributed by atoms with Gasteiger partial charge in [-0.15, -0.1) is 0 Å². The molecular weight excluding hydrogens is 516 g/mol. The zero-order chi connectivity index (χ0) is 28.2. The number of imide groups is 1. The molecule has 0 aromatic heterocycles. The van der Waals surface area contributed by atoms with Gasteiger partial charge in [0.05, 0.1) is 99.1 Å². The maximum atomic E-state index is 11.7. The first-order valence-corrected chi connectivity index (χ1v) is 13.6. The second kappa shape index (κ2) is 26.3. The fourth-order valence-electron chi connectivity index (χ4n) is 3.00. The highest BCUT2D eigenvalue weighted by molar-refractivity contribution is 6.12. The Morgan fingerprint density at radius 1 is 0.590 bits per heavy atom. The molecule has 0 fully saturated rings. The average molecular weight is 563 g/mol. The Morgan fingerprint density at radius 2 is 0.923 bits per heavy atom. The predicted octanol–water partition coefficient (Wildman–Crippen LogP) is -0.0395. The van der Waals surface area contributed by atoms with Gasteiger partial charge in [0.15, 0.2) is 0 Å². The van der Waals surface area contributed by atoms with Crippen LogP contribution < -0.4 is 5.32 Å². The van der Waals surface area contributed by atoms with Gasteiger partial charge in [0.1, 0.15) is 0 Å². The number of rotatable bonds is 29. The molecule has 0 atom stereocenters. The number of ether oxygens (including phenoxy) is 8. The summed E-state index contributed by atoms with van der Waals surface area (Å²) in [5.74, 6) is -0.935. The van der Waals surface area contributed by atoms with E-state index in [2.05, 4.69) is 12.2 Å². The van der Waals surface area contributed by atoms with E-state index in [1.54, 1.807) is 0 Å². The molecule has 0 bridgehead atoms. The van der Waals surface area contributed by atoms with Gasteiger partial charge in [-0.3, -0.25) is 19.3 Å². The number of carbonyl (C=O) groups is 3. The van der Waals surface area contributed by atoms with Crippen LogP contribution in [0.5, 0.6) is 0 Å². The molecule has 1 heterocycles. The molecule has 1 aliphatic rings. The smallest absolute Gasteiger partial charge is 0.253 e. The van der Waals surface area contributed by atoms with E-state index in [0.29, 0.717) is 92.5 Å². The van der Waals surface area contributed by atoms with Crippen molar-refractivity contribution in [3.05, 3.63) is 12.2 Å². The van der Waals surface area contributed by atoms with E-state index in [1.807, 2.05) is 0 Å². The standard InChI is InChI=1S/C26H46N2O11/c1-2-8-32-10-12-34-14-16-36-18-20-38-22-23-39-21-19-37-17-15-35-13-11-33-9-5-24(29)27-6-7-28-25(30)3-4-26(28)31/h3-4H,2,5-23H2,1H3,(H,27,29). The van der Waals surface area contributed by atoms with Crippen LogP contribution in [-0.2, 0) is 52.3 Å². The number of nitrogens with one attached hydrogen (secondary N) is 1. The highest BCUT2D eigenvalue weighted by atomic mass is 16.6. The summed E-state index contributed by atoms with van der Waals surface area (Å²) in [6.45, 7) is 10.4. The maximum absolute atomic E-state index is 11.7. The first-order valence-electron chi connectivity index (χ1n) is 13.6. The lowest BCUT2D eigenvalue weighted by molar-refractivity contribution is -0.137. The Balaban J connectivity index is 1.69. The van der Waals surface area contributed by atoms with E-state index in [9.17, 15) is 14.4 Å². The van der Waals surface area contributed by atoms with Crippen LogP contribution in [0, 0.1) is 0 Å². The Hall–Kier alpha value is -1.97. The van der Waals surface area contributed by atoms with Crippen LogP contribution in [0.25, 0.3) is 0 Å². The maximum Gasteiger partial charge on any atom is 0.253 e. The van der Waals surface area contributed by atoms with Crippen LogP contribution in [-0.4, -0.2) is 141 Å². The highest BCUT2D eigenvalue weighted by Gasteiger charge is 2.22. The Kier molecular flexibility index (Phi) is 23.6. The molecule has 0 aromatic carbocycles. The van der Waals surface area contributed by atoms with Crippen LogP contribution >= 0.6 is 0 Å². The zero-order valence-electron chi connectivity index (χ0n) is 23.2. The molecule has 0 spiro atoms. The Morgan fingerprint density at radius 3 is 1.28 bits per heavy atom. The van der Waals surface area contributed by atoms with Gasteiger partial charge >= 0.3 is 0 Å². The summed E-state index contributed by atoms with van der Waals surface area (Å²) in [7, 11) is 0. The summed E-state index contributed by atoms with van der Waals surface area (Å²) in [6, 6.07) is 0. The highest BCUT2D eigenvalue weighted by Crippen LogP contribution is 2.01. The van der Waals surface area contributed by atoms with Gasteiger partial charge in [0, 0.05) is 38.3 Å². The van der Waals surface area contributed by atoms with Crippen molar-refractivity contribution < 1.29 is 52.3 Å². The third kappa shape index (κ3) is 21.5. The molecule has 0 saturated carbocycles. The monoisotopic (exact) mass is 562 g/mol. The van der Waals surface area contributed by atoms with E-state index in [4.69, 9.17) is 37.9 Å². The normalized spacial score (nSPS) is 13.1. The summed E-state index contributed by atoms with van der Waals surface area (Å²) in [5.41, 5.74) is 0. The number of hydrogen-bond acceptors (Lipinski definition) is 11. The van der Waals surface area contributed by atoms with Crippen molar-refractivity contribution in [1.29, 1.82) is 0 Å². The molecular formula is C26H46N2O11. The molecule has 39 heavy (non-hydrogen) atoms. The zero-order valence-corrected chi connectivity index (χ0v) is 23.2. The van der Waals surface area contributed by atoms with Gasteiger partial charge in [0.2, 0.25) is 5.91 Å². The summed E-state index contributed by atoms with van der Waals surface area (Å²) < 4.78 is 43.2. The second-order valence-electron chi connectivity index (χ2n) is 8.16. The quantitative estimate of drug-likeness (QED) is 0.0970. The van der Waals surface area contributed by atoms with E-state index >= 15 is 0 Å². The lowest BCUT2D eigenvalue weighted by atomic mass is 10.4. The minimum atomic E-state index is -0.363. The predicted molar refractivity (Wildman–Crippen MR) is 140 cm³/mol. The van der Waals surface area contributed by atoms with Gasteiger partial charge in [-0.25, -0.2) is 0 Å². The molecule has 0 radical (unpaired) electrons. The van der Waals surface area contributed by atoms with Crippen molar-refractivity contribution >= 4 is 17.7 Å². The first kappa shape index (κ1) is 35.1. The summed E-state index contributed by atoms with van der Waals surface area (Å²) in [6.07, 6.45) is 3.63. The van der Waals surface area contributed by atoms with Crippen molar-refractivity contribution in [2.45, 2.75) is 19.8 Å². The van der Waals surface area contributed by atoms with Crippen LogP contribution in [0.15, 0.2) is 12.2 Å². The van der Waals surface area contributed by atoms with Crippen molar-refractivity contribution in [2.75, 3.05) is 119 Å². The third-order valence-corrected chi connectivity index (χ3v) is 4.98. The van der Waals surface area contributed by atoms with Crippen LogP contribution in [0.4, 0.5) is 0 Å². The minimum Gasteiger partial charge on any atom is -0.379 e. The fourth-order valence-corrected chi connectivity index (χ4v) is 3.00. The molecule has 1 N–H and O–H groups in total. The van der Waals surface area contributed by atoms with Crippen LogP contribution in [0.1, 0.15) is 19.8 Å². The molecule has 226 valence electrons. The molecule has 13 nitrogen and oxygen atoms in total. The van der Waals surface area contributed by atoms with Gasteiger partial charge in [-0.05, 0) is 6.42 Å². The Bertz CT molecular complexity index is 646. The summed E-state index contributed by atoms with van der Waals surface area (Å²) >= 11 is 0. The van der Waals surface area contributed by atoms with E-state index in [0.717, 1.165) is 17.9 Å². The first-order chi connectivity index (χ1) is 19.1. The molecule has 13 heteroatoms. The minimum absolute atomic E-state index is 0.150. The Labute approximate surface area is 231 Å². The largest absolute Gasteiger partial charge is 0.379 e. The molecule has 3 amide bonds. The van der Waals surface area contributed by atoms with Gasteiger partial charge < -0.3 is 43.2 Å². The molecule has 0 saturated heterocycles. The average Bonchev–Trinajstić information content (AvgIpc) is 3.25. The topological polar surface area (TPSA) is 140 Å². The molecule has 0 aliphatic carbocycles. The van der Waals surface area contributed by atoms with Gasteiger partial charge in [-0.2, -0.15) is 0 Å². The number of amides is 3. The molecule has 1 aliphatic heterocycles. The van der Waals surface area contributed by atoms with E-state index in [-0.39, 0.29) is 43.8 Å². The number of hydrogen-bond donors (Lipinski definition) is 1. The third-order valence-electron chi connectivity index (χ3n) is 4.98.